The first-order valence-electron chi connectivity index (χ1n) is 28.9. The van der Waals surface area contributed by atoms with E-state index in [1.165, 1.54) is 70.6 Å². The Bertz CT molecular complexity index is 1440. The lowest BCUT2D eigenvalue weighted by atomic mass is 10.1. The van der Waals surface area contributed by atoms with Gasteiger partial charge in [-0.3, -0.25) is 14.4 Å². The fourth-order valence-corrected chi connectivity index (χ4v) is 7.66. The molecule has 0 saturated carbocycles. The van der Waals surface area contributed by atoms with Crippen LogP contribution in [0.3, 0.4) is 0 Å². The molecular weight excluding hydrogens is 865 g/mol. The van der Waals surface area contributed by atoms with Crippen LogP contribution in [0.25, 0.3) is 0 Å². The van der Waals surface area contributed by atoms with E-state index in [-0.39, 0.29) is 31.1 Å². The predicted molar refractivity (Wildman–Crippen MR) is 302 cm³/mol. The Hall–Kier alpha value is -3.93. The average molecular weight is 972 g/mol. The van der Waals surface area contributed by atoms with Gasteiger partial charge in [-0.05, 0) is 116 Å². The molecule has 0 spiro atoms. The average Bonchev–Trinajstić information content (AvgIpc) is 3.36. The predicted octanol–water partition coefficient (Wildman–Crippen LogP) is 19.5. The summed E-state index contributed by atoms with van der Waals surface area (Å²) in [5.74, 6) is -0.920. The maximum atomic E-state index is 12.8. The molecule has 0 aliphatic heterocycles. The lowest BCUT2D eigenvalue weighted by molar-refractivity contribution is -0.167. The number of ether oxygens (including phenoxy) is 3. The molecule has 0 fully saturated rings. The van der Waals surface area contributed by atoms with Gasteiger partial charge < -0.3 is 14.2 Å². The van der Waals surface area contributed by atoms with Crippen LogP contribution < -0.4 is 0 Å². The normalized spacial score (nSPS) is 12.9. The minimum absolute atomic E-state index is 0.0894. The van der Waals surface area contributed by atoms with Crippen LogP contribution in [0, 0.1) is 0 Å². The molecule has 0 aromatic heterocycles. The van der Waals surface area contributed by atoms with Crippen molar-refractivity contribution in [3.8, 4) is 0 Å². The van der Waals surface area contributed by atoms with E-state index in [1.807, 2.05) is 0 Å². The number of rotatable bonds is 51. The number of allylic oxidation sites excluding steroid dienone is 18. The molecule has 0 bridgehead atoms. The van der Waals surface area contributed by atoms with Crippen molar-refractivity contribution in [2.45, 2.75) is 264 Å². The highest BCUT2D eigenvalue weighted by atomic mass is 16.6. The first kappa shape index (κ1) is 66.1. The fourth-order valence-electron chi connectivity index (χ4n) is 7.66. The molecule has 0 N–H and O–H groups in total. The molecule has 70 heavy (non-hydrogen) atoms. The summed E-state index contributed by atoms with van der Waals surface area (Å²) >= 11 is 0. The standard InChI is InChI=1S/C64H106O6/c1-4-7-10-13-16-19-22-24-25-26-27-28-29-30-31-32-33-34-35-36-37-38-39-41-42-45-48-51-54-57-63(66)69-60-61(59-68-62(65)56-53-50-47-44-21-18-15-12-9-6-3)70-64(67)58-55-52-49-46-43-40-23-20-17-14-11-8-5-2/h7,10-12,14-16,19-20,23-25,27-28,30-31,33-34,61H,4-6,8-9,13,17-18,21-22,26,29,32,35-60H2,1-3H3/b10-7-,14-11-,15-12-,19-16-,23-20-,25-24-,28-27-,31-30-,34-33-. The van der Waals surface area contributed by atoms with Crippen molar-refractivity contribution in [3.05, 3.63) is 109 Å². The summed E-state index contributed by atoms with van der Waals surface area (Å²) in [6.45, 7) is 6.37. The number of esters is 3. The lowest BCUT2D eigenvalue weighted by Gasteiger charge is -2.18. The SMILES string of the molecule is CC/C=C\C/C=C\C/C=C\C/C=C\C/C=C\C/C=C\CCCCCCCCCCCCC(=O)OCC(COC(=O)CCCCCCC/C=C\CCC)OC(=O)CCCCCCC/C=C\C/C=C\CCC. The molecule has 6 nitrogen and oxygen atoms in total. The minimum atomic E-state index is -0.790. The van der Waals surface area contributed by atoms with Crippen molar-refractivity contribution >= 4 is 17.9 Å². The Balaban J connectivity index is 4.22. The molecule has 1 unspecified atom stereocenters. The Morgan fingerprint density at radius 2 is 0.557 bits per heavy atom. The van der Waals surface area contributed by atoms with Gasteiger partial charge in [0, 0.05) is 19.3 Å². The molecule has 0 saturated heterocycles. The van der Waals surface area contributed by atoms with E-state index >= 15 is 0 Å². The maximum Gasteiger partial charge on any atom is 0.306 e. The first-order chi connectivity index (χ1) is 34.5. The third-order valence-electron chi connectivity index (χ3n) is 11.9. The van der Waals surface area contributed by atoms with Crippen molar-refractivity contribution in [3.63, 3.8) is 0 Å². The highest BCUT2D eigenvalue weighted by Crippen LogP contribution is 2.15. The second-order valence-corrected chi connectivity index (χ2v) is 18.8. The van der Waals surface area contributed by atoms with E-state index in [9.17, 15) is 14.4 Å². The number of carbonyl (C=O) groups is 3. The minimum Gasteiger partial charge on any atom is -0.462 e. The number of unbranched alkanes of at least 4 members (excludes halogenated alkanes) is 22. The van der Waals surface area contributed by atoms with Crippen molar-refractivity contribution in [2.75, 3.05) is 13.2 Å². The summed E-state index contributed by atoms with van der Waals surface area (Å²) in [5.41, 5.74) is 0. The van der Waals surface area contributed by atoms with E-state index in [0.717, 1.165) is 148 Å². The highest BCUT2D eigenvalue weighted by molar-refractivity contribution is 5.71. The van der Waals surface area contributed by atoms with Gasteiger partial charge in [0.2, 0.25) is 0 Å². The van der Waals surface area contributed by atoms with Gasteiger partial charge >= 0.3 is 17.9 Å². The van der Waals surface area contributed by atoms with Crippen molar-refractivity contribution < 1.29 is 28.6 Å². The van der Waals surface area contributed by atoms with Crippen LogP contribution in [0.15, 0.2) is 109 Å². The Morgan fingerprint density at radius 3 is 0.900 bits per heavy atom. The van der Waals surface area contributed by atoms with Crippen molar-refractivity contribution in [2.24, 2.45) is 0 Å². The van der Waals surface area contributed by atoms with Crippen LogP contribution in [-0.4, -0.2) is 37.2 Å². The second-order valence-electron chi connectivity index (χ2n) is 18.8. The fraction of sp³-hybridized carbons (Fsp3) is 0.672. The molecule has 6 heteroatoms. The Morgan fingerprint density at radius 1 is 0.300 bits per heavy atom. The topological polar surface area (TPSA) is 78.9 Å². The summed E-state index contributed by atoms with van der Waals surface area (Å²) in [6.07, 6.45) is 78.1. The summed E-state index contributed by atoms with van der Waals surface area (Å²) in [4.78, 5) is 38.0. The summed E-state index contributed by atoms with van der Waals surface area (Å²) in [5, 5.41) is 0. The largest absolute Gasteiger partial charge is 0.462 e. The van der Waals surface area contributed by atoms with Crippen molar-refractivity contribution in [1.29, 1.82) is 0 Å². The lowest BCUT2D eigenvalue weighted by Crippen LogP contribution is -2.30. The number of carbonyl (C=O) groups excluding carboxylic acids is 3. The van der Waals surface area contributed by atoms with E-state index < -0.39 is 6.10 Å². The van der Waals surface area contributed by atoms with Gasteiger partial charge in [0.25, 0.3) is 0 Å². The van der Waals surface area contributed by atoms with Crippen LogP contribution in [-0.2, 0) is 28.6 Å². The van der Waals surface area contributed by atoms with Crippen LogP contribution >= 0.6 is 0 Å². The molecular formula is C64H106O6. The molecule has 0 aliphatic rings. The number of hydrogen-bond acceptors (Lipinski definition) is 6. The van der Waals surface area contributed by atoms with Crippen LogP contribution in [0.1, 0.15) is 258 Å². The highest BCUT2D eigenvalue weighted by Gasteiger charge is 2.19. The van der Waals surface area contributed by atoms with Crippen LogP contribution in [0.4, 0.5) is 0 Å². The van der Waals surface area contributed by atoms with Gasteiger partial charge in [0.15, 0.2) is 6.10 Å². The summed E-state index contributed by atoms with van der Waals surface area (Å²) < 4.78 is 16.8. The number of hydrogen-bond donors (Lipinski definition) is 0. The van der Waals surface area contributed by atoms with E-state index in [4.69, 9.17) is 14.2 Å². The van der Waals surface area contributed by atoms with E-state index in [0.29, 0.717) is 19.3 Å². The van der Waals surface area contributed by atoms with Gasteiger partial charge in [-0.15, -0.1) is 0 Å². The molecule has 0 amide bonds. The van der Waals surface area contributed by atoms with E-state index in [1.54, 1.807) is 0 Å². The van der Waals surface area contributed by atoms with Gasteiger partial charge in [-0.1, -0.05) is 233 Å². The Kier molecular flexibility index (Phi) is 54.4. The van der Waals surface area contributed by atoms with Gasteiger partial charge in [0.1, 0.15) is 13.2 Å². The van der Waals surface area contributed by atoms with Gasteiger partial charge in [-0.25, -0.2) is 0 Å². The van der Waals surface area contributed by atoms with E-state index in [2.05, 4.69) is 130 Å². The quantitative estimate of drug-likeness (QED) is 0.0262. The first-order valence-corrected chi connectivity index (χ1v) is 28.9. The zero-order chi connectivity index (χ0) is 50.7. The van der Waals surface area contributed by atoms with Gasteiger partial charge in [-0.2, -0.15) is 0 Å². The molecule has 0 aromatic carbocycles. The summed E-state index contributed by atoms with van der Waals surface area (Å²) in [7, 11) is 0. The molecule has 0 rings (SSSR count). The molecule has 398 valence electrons. The maximum absolute atomic E-state index is 12.8. The second kappa shape index (κ2) is 57.6. The molecule has 0 radical (unpaired) electrons. The third kappa shape index (κ3) is 55.0. The third-order valence-corrected chi connectivity index (χ3v) is 11.9. The smallest absolute Gasteiger partial charge is 0.306 e. The van der Waals surface area contributed by atoms with Crippen molar-refractivity contribution in [1.82, 2.24) is 0 Å². The molecule has 0 aromatic rings. The molecule has 1 atom stereocenters. The monoisotopic (exact) mass is 971 g/mol. The molecule has 0 heterocycles. The van der Waals surface area contributed by atoms with Crippen LogP contribution in [0.2, 0.25) is 0 Å². The zero-order valence-corrected chi connectivity index (χ0v) is 45.5. The van der Waals surface area contributed by atoms with Gasteiger partial charge in [0.05, 0.1) is 0 Å². The zero-order valence-electron chi connectivity index (χ0n) is 45.5. The molecule has 0 aliphatic carbocycles. The Labute approximate surface area is 431 Å². The summed E-state index contributed by atoms with van der Waals surface area (Å²) in [6, 6.07) is 0. The van der Waals surface area contributed by atoms with Crippen LogP contribution in [0.5, 0.6) is 0 Å².